The van der Waals surface area contributed by atoms with Crippen molar-refractivity contribution in [1.82, 2.24) is 9.97 Å². The maximum Gasteiger partial charge on any atom is 0.271 e. The quantitative estimate of drug-likeness (QED) is 0.173. The predicted molar refractivity (Wildman–Crippen MR) is 120 cm³/mol. The lowest BCUT2D eigenvalue weighted by Crippen LogP contribution is -2.15. The average Bonchev–Trinajstić information content (AvgIpc) is 3.44. The van der Waals surface area contributed by atoms with Crippen molar-refractivity contribution >= 4 is 55.8 Å². The molecule has 33 heavy (non-hydrogen) atoms. The summed E-state index contributed by atoms with van der Waals surface area (Å²) >= 11 is 0.679. The van der Waals surface area contributed by atoms with Crippen LogP contribution in [0.15, 0.2) is 59.1 Å². The van der Waals surface area contributed by atoms with Crippen molar-refractivity contribution in [2.45, 2.75) is 4.21 Å². The molecule has 3 heterocycles. The number of nitrogens with zero attached hydrogens (tertiary/aromatic N) is 1. The van der Waals surface area contributed by atoms with Crippen LogP contribution in [0.1, 0.15) is 20.8 Å². The molecule has 4 aromatic rings. The number of H-pyrrole nitrogens is 1. The van der Waals surface area contributed by atoms with Gasteiger partial charge in [0.25, 0.3) is 10.0 Å². The molecule has 4 N–H and O–H groups in total. The number of carbonyl (C=O) groups is 1. The Morgan fingerprint density at radius 3 is 2.76 bits per heavy atom. The number of aliphatic hydroxyl groups is 1. The van der Waals surface area contributed by atoms with Crippen molar-refractivity contribution in [3.05, 3.63) is 82.5 Å². The largest absolute Gasteiger partial charge is 0.506 e. The van der Waals surface area contributed by atoms with Crippen LogP contribution in [0.5, 0.6) is 0 Å². The molecular formula is C21H14F2N4O4S2. The van der Waals surface area contributed by atoms with Gasteiger partial charge in [-0.05, 0) is 42.5 Å². The average molecular weight is 488 g/mol. The minimum Gasteiger partial charge on any atom is -0.506 e. The second-order valence-corrected chi connectivity index (χ2v) is 9.65. The molecule has 0 unspecified atom stereocenters. The molecule has 0 amide bonds. The number of benzene rings is 1. The van der Waals surface area contributed by atoms with Crippen LogP contribution < -0.4 is 4.72 Å². The van der Waals surface area contributed by atoms with Gasteiger partial charge in [-0.3, -0.25) is 9.52 Å². The van der Waals surface area contributed by atoms with E-state index in [4.69, 9.17) is 5.41 Å². The number of aromatic nitrogens is 2. The first-order chi connectivity index (χ1) is 15.7. The van der Waals surface area contributed by atoms with Gasteiger partial charge in [-0.15, -0.1) is 11.3 Å². The highest BCUT2D eigenvalue weighted by atomic mass is 32.2. The number of sulfonamides is 1. The Labute approximate surface area is 189 Å². The van der Waals surface area contributed by atoms with E-state index in [9.17, 15) is 22.7 Å². The molecule has 0 spiro atoms. The zero-order valence-corrected chi connectivity index (χ0v) is 18.1. The molecule has 0 fully saturated rings. The van der Waals surface area contributed by atoms with Gasteiger partial charge in [0.1, 0.15) is 21.4 Å². The molecule has 0 saturated heterocycles. The monoisotopic (exact) mass is 488 g/mol. The molecule has 0 aliphatic heterocycles. The number of fused-ring (bicyclic) bond motifs is 1. The summed E-state index contributed by atoms with van der Waals surface area (Å²) in [6.07, 6.45) is 4.66. The third kappa shape index (κ3) is 4.13. The molecule has 0 aliphatic carbocycles. The lowest BCUT2D eigenvalue weighted by Gasteiger charge is -2.11. The fourth-order valence-electron chi connectivity index (χ4n) is 3.08. The SMILES string of the molecule is N=C/C=C(\O)c1ccc(S(=O)(=O)Nc2ccc(F)c(C(=O)c3c[nH]c4ncccc34)c2F)s1. The number of nitrogens with one attached hydrogen (secondary N) is 3. The Morgan fingerprint density at radius 1 is 1.21 bits per heavy atom. The number of ketones is 1. The van der Waals surface area contributed by atoms with Gasteiger partial charge < -0.3 is 15.5 Å². The summed E-state index contributed by atoms with van der Waals surface area (Å²) in [7, 11) is -4.32. The molecule has 168 valence electrons. The van der Waals surface area contributed by atoms with E-state index in [1.807, 2.05) is 4.72 Å². The number of halogens is 2. The van der Waals surface area contributed by atoms with Crippen LogP contribution in [0, 0.1) is 17.0 Å². The number of hydrogen-bond donors (Lipinski definition) is 4. The number of thiophene rings is 1. The number of aliphatic hydroxyl groups excluding tert-OH is 1. The molecule has 4 rings (SSSR count). The van der Waals surface area contributed by atoms with Gasteiger partial charge >= 0.3 is 0 Å². The van der Waals surface area contributed by atoms with Crippen LogP contribution in [0.3, 0.4) is 0 Å². The first-order valence-corrected chi connectivity index (χ1v) is 11.5. The summed E-state index contributed by atoms with van der Waals surface area (Å²) in [5, 5.41) is 17.1. The number of carbonyl (C=O) groups excluding carboxylic acids is 1. The van der Waals surface area contributed by atoms with Crippen molar-refractivity contribution < 1.29 is 27.1 Å². The first-order valence-electron chi connectivity index (χ1n) is 9.20. The van der Waals surface area contributed by atoms with E-state index in [1.54, 1.807) is 12.1 Å². The molecule has 8 nitrogen and oxygen atoms in total. The lowest BCUT2D eigenvalue weighted by atomic mass is 10.0. The Balaban J connectivity index is 1.71. The highest BCUT2D eigenvalue weighted by Crippen LogP contribution is 2.31. The van der Waals surface area contributed by atoms with Crippen LogP contribution >= 0.6 is 11.3 Å². The third-order valence-electron chi connectivity index (χ3n) is 4.60. The van der Waals surface area contributed by atoms with Crippen LogP contribution in [0.4, 0.5) is 14.5 Å². The van der Waals surface area contributed by atoms with Crippen molar-refractivity contribution in [2.75, 3.05) is 4.72 Å². The molecule has 0 aliphatic rings. The Morgan fingerprint density at radius 2 is 2.00 bits per heavy atom. The van der Waals surface area contributed by atoms with Crippen molar-refractivity contribution in [3.8, 4) is 0 Å². The van der Waals surface area contributed by atoms with Crippen molar-refractivity contribution in [2.24, 2.45) is 0 Å². The number of rotatable bonds is 7. The van der Waals surface area contributed by atoms with Crippen LogP contribution in [-0.4, -0.2) is 35.5 Å². The van der Waals surface area contributed by atoms with Gasteiger partial charge in [-0.25, -0.2) is 22.2 Å². The molecule has 0 bridgehead atoms. The summed E-state index contributed by atoms with van der Waals surface area (Å²) in [6.45, 7) is 0. The molecule has 0 radical (unpaired) electrons. The van der Waals surface area contributed by atoms with Crippen LogP contribution in [0.25, 0.3) is 16.8 Å². The Kier molecular flexibility index (Phi) is 5.78. The van der Waals surface area contributed by atoms with Crippen LogP contribution in [-0.2, 0) is 10.0 Å². The van der Waals surface area contributed by atoms with Gasteiger partial charge in [0, 0.05) is 29.6 Å². The minimum absolute atomic E-state index is 0.0210. The van der Waals surface area contributed by atoms with E-state index in [0.717, 1.165) is 24.4 Å². The Hall–Kier alpha value is -3.90. The molecule has 3 aromatic heterocycles. The lowest BCUT2D eigenvalue weighted by molar-refractivity contribution is 0.103. The number of aromatic amines is 1. The molecule has 0 atom stereocenters. The normalized spacial score (nSPS) is 12.1. The van der Waals surface area contributed by atoms with E-state index >= 15 is 4.39 Å². The van der Waals surface area contributed by atoms with Gasteiger partial charge in [0.15, 0.2) is 5.82 Å². The second-order valence-electron chi connectivity index (χ2n) is 6.66. The van der Waals surface area contributed by atoms with E-state index in [-0.39, 0.29) is 20.4 Å². The molecular weight excluding hydrogens is 474 g/mol. The third-order valence-corrected chi connectivity index (χ3v) is 7.56. The maximum atomic E-state index is 15.2. The molecule has 1 aromatic carbocycles. The zero-order chi connectivity index (χ0) is 23.8. The van der Waals surface area contributed by atoms with Gasteiger partial charge in [0.2, 0.25) is 5.78 Å². The minimum atomic E-state index is -4.32. The van der Waals surface area contributed by atoms with E-state index in [0.29, 0.717) is 22.4 Å². The topological polar surface area (TPSA) is 136 Å². The summed E-state index contributed by atoms with van der Waals surface area (Å²) in [4.78, 5) is 19.9. The van der Waals surface area contributed by atoms with Gasteiger partial charge in [-0.2, -0.15) is 0 Å². The number of allylic oxidation sites excluding steroid dienone is 1. The standard InChI is InChI=1S/C21H14F2N4O4S2/c22-13-3-4-14(27-33(30,31)17-6-5-16(32-17)15(28)7-8-24)19(23)18(13)20(29)12-10-26-21-11(12)2-1-9-25-21/h1-10,24,27-28H,(H,25,26)/b15-7-,24-8?. The second kappa shape index (κ2) is 8.56. The summed E-state index contributed by atoms with van der Waals surface area (Å²) < 4.78 is 56.8. The Bertz CT molecular complexity index is 1540. The van der Waals surface area contributed by atoms with Gasteiger partial charge in [0.05, 0.1) is 16.1 Å². The van der Waals surface area contributed by atoms with Crippen LogP contribution in [0.2, 0.25) is 0 Å². The fourth-order valence-corrected chi connectivity index (χ4v) is 5.37. The summed E-state index contributed by atoms with van der Waals surface area (Å²) in [6, 6.07) is 7.29. The molecule has 12 heteroatoms. The van der Waals surface area contributed by atoms with E-state index in [1.165, 1.54) is 24.5 Å². The van der Waals surface area contributed by atoms with Crippen molar-refractivity contribution in [1.29, 1.82) is 5.41 Å². The zero-order valence-electron chi connectivity index (χ0n) is 16.5. The smallest absolute Gasteiger partial charge is 0.271 e. The summed E-state index contributed by atoms with van der Waals surface area (Å²) in [5.74, 6) is -3.82. The number of anilines is 1. The van der Waals surface area contributed by atoms with E-state index < -0.39 is 38.7 Å². The maximum absolute atomic E-state index is 15.2. The highest BCUT2D eigenvalue weighted by Gasteiger charge is 2.27. The van der Waals surface area contributed by atoms with Gasteiger partial charge in [-0.1, -0.05) is 0 Å². The molecule has 0 saturated carbocycles. The van der Waals surface area contributed by atoms with Crippen molar-refractivity contribution in [3.63, 3.8) is 0 Å². The number of hydrogen-bond acceptors (Lipinski definition) is 7. The highest BCUT2D eigenvalue weighted by molar-refractivity contribution is 7.94. The predicted octanol–water partition coefficient (Wildman–Crippen LogP) is 4.48. The van der Waals surface area contributed by atoms with E-state index in [2.05, 4.69) is 9.97 Å². The fraction of sp³-hybridized carbons (Fsp3) is 0. The number of pyridine rings is 1. The first kappa shape index (κ1) is 22.3. The summed E-state index contributed by atoms with van der Waals surface area (Å²) in [5.41, 5.74) is -1.20.